The number of nitrogens with one attached hydrogen (secondary N) is 1. The van der Waals surface area contributed by atoms with Gasteiger partial charge in [0.1, 0.15) is 5.75 Å². The molecule has 0 bridgehead atoms. The summed E-state index contributed by atoms with van der Waals surface area (Å²) in [4.78, 5) is 13.4. The predicted octanol–water partition coefficient (Wildman–Crippen LogP) is 5.35. The monoisotopic (exact) mass is 486 g/mol. The number of aromatic nitrogens is 1. The normalized spacial score (nSPS) is 12.8. The Bertz CT molecular complexity index is 1550. The molecular weight excluding hydrogens is 460 g/mol. The highest BCUT2D eigenvalue weighted by Crippen LogP contribution is 2.35. The smallest absolute Gasteiger partial charge is 0.257 e. The Morgan fingerprint density at radius 3 is 2.46 bits per heavy atom. The fourth-order valence-electron chi connectivity index (χ4n) is 4.61. The lowest BCUT2D eigenvalue weighted by Gasteiger charge is -2.16. The highest BCUT2D eigenvalue weighted by Gasteiger charge is 2.20. The average molecular weight is 487 g/mol. The molecule has 5 rings (SSSR count). The number of aryl methyl sites for hydroxylation is 1. The van der Waals surface area contributed by atoms with Crippen LogP contribution in [0.4, 0.5) is 5.69 Å². The molecule has 0 radical (unpaired) electrons. The lowest BCUT2D eigenvalue weighted by molar-refractivity contribution is 0.102. The summed E-state index contributed by atoms with van der Waals surface area (Å²) in [7, 11) is -3.29. The van der Waals surface area contributed by atoms with Crippen LogP contribution in [0.5, 0.6) is 5.75 Å². The molecule has 0 atom stereocenters. The summed E-state index contributed by atoms with van der Waals surface area (Å²) in [6, 6.07) is 22.5. The van der Waals surface area contributed by atoms with Crippen LogP contribution < -0.4 is 10.1 Å². The molecule has 1 amide bonds. The quantitative estimate of drug-likeness (QED) is 0.412. The van der Waals surface area contributed by atoms with Gasteiger partial charge in [-0.15, -0.1) is 0 Å². The van der Waals surface area contributed by atoms with Crippen LogP contribution in [0, 0.1) is 13.8 Å². The highest BCUT2D eigenvalue weighted by molar-refractivity contribution is 7.90. The fraction of sp³-hybridized carbons (Fsp3) is 0.179. The van der Waals surface area contributed by atoms with Gasteiger partial charge in [0.2, 0.25) is 0 Å². The molecule has 0 saturated heterocycles. The van der Waals surface area contributed by atoms with Gasteiger partial charge in [0, 0.05) is 35.3 Å². The molecule has 1 aliphatic rings. The van der Waals surface area contributed by atoms with E-state index in [1.165, 1.54) is 17.7 Å². The molecule has 4 aromatic rings. The summed E-state index contributed by atoms with van der Waals surface area (Å²) < 4.78 is 31.2. The van der Waals surface area contributed by atoms with E-state index in [-0.39, 0.29) is 10.8 Å². The Kier molecular flexibility index (Phi) is 5.73. The second-order valence-corrected chi connectivity index (χ2v) is 10.8. The number of carbonyl (C=O) groups is 1. The Hall–Kier alpha value is -3.84. The largest absolute Gasteiger partial charge is 0.493 e. The van der Waals surface area contributed by atoms with Crippen molar-refractivity contribution in [3.05, 3.63) is 95.3 Å². The minimum Gasteiger partial charge on any atom is -0.493 e. The van der Waals surface area contributed by atoms with Crippen LogP contribution in [-0.4, -0.2) is 31.8 Å². The summed E-state index contributed by atoms with van der Waals surface area (Å²) in [5, 5.41) is 2.88. The van der Waals surface area contributed by atoms with Crippen LogP contribution in [0.2, 0.25) is 0 Å². The van der Waals surface area contributed by atoms with Crippen LogP contribution in [0.25, 0.3) is 16.8 Å². The average Bonchev–Trinajstić information content (AvgIpc) is 3.42. The molecule has 0 fully saturated rings. The summed E-state index contributed by atoms with van der Waals surface area (Å²) >= 11 is 0. The van der Waals surface area contributed by atoms with Gasteiger partial charge in [0.15, 0.2) is 9.84 Å². The number of nitrogens with zero attached hydrogens (tertiary/aromatic N) is 1. The first kappa shape index (κ1) is 22.9. The topological polar surface area (TPSA) is 77.4 Å². The van der Waals surface area contributed by atoms with Gasteiger partial charge in [0.25, 0.3) is 5.91 Å². The third-order valence-electron chi connectivity index (χ3n) is 6.36. The number of para-hydroxylation sites is 1. The van der Waals surface area contributed by atoms with E-state index in [0.717, 1.165) is 46.6 Å². The van der Waals surface area contributed by atoms with E-state index >= 15 is 0 Å². The number of benzene rings is 3. The van der Waals surface area contributed by atoms with Crippen molar-refractivity contribution in [3.8, 4) is 22.6 Å². The first-order chi connectivity index (χ1) is 16.7. The molecule has 0 saturated carbocycles. The van der Waals surface area contributed by atoms with E-state index in [0.29, 0.717) is 17.9 Å². The van der Waals surface area contributed by atoms with Crippen molar-refractivity contribution >= 4 is 21.4 Å². The maximum absolute atomic E-state index is 13.1. The Morgan fingerprint density at radius 2 is 1.71 bits per heavy atom. The first-order valence-electron chi connectivity index (χ1n) is 11.4. The summed E-state index contributed by atoms with van der Waals surface area (Å²) in [6.45, 7) is 4.63. The molecule has 7 heteroatoms. The van der Waals surface area contributed by atoms with Gasteiger partial charge in [-0.25, -0.2) is 8.42 Å². The number of carbonyl (C=O) groups excluding carboxylic acids is 1. The molecular formula is C28H26N2O4S. The lowest BCUT2D eigenvalue weighted by atomic mass is 10.00. The van der Waals surface area contributed by atoms with Crippen LogP contribution in [0.15, 0.2) is 77.7 Å². The van der Waals surface area contributed by atoms with E-state index in [1.807, 2.05) is 38.1 Å². The van der Waals surface area contributed by atoms with Gasteiger partial charge in [-0.3, -0.25) is 4.79 Å². The van der Waals surface area contributed by atoms with Gasteiger partial charge in [0.05, 0.1) is 22.8 Å². The van der Waals surface area contributed by atoms with Crippen molar-refractivity contribution < 1.29 is 17.9 Å². The molecule has 1 aliphatic heterocycles. The minimum atomic E-state index is -3.29. The minimum absolute atomic E-state index is 0.211. The van der Waals surface area contributed by atoms with Gasteiger partial charge in [-0.1, -0.05) is 24.3 Å². The van der Waals surface area contributed by atoms with Crippen LogP contribution >= 0.6 is 0 Å². The Morgan fingerprint density at radius 1 is 0.971 bits per heavy atom. The van der Waals surface area contributed by atoms with Crippen LogP contribution in [-0.2, 0) is 16.3 Å². The molecule has 0 unspecified atom stereocenters. The predicted molar refractivity (Wildman–Crippen MR) is 137 cm³/mol. The van der Waals surface area contributed by atoms with Crippen LogP contribution in [0.1, 0.15) is 27.3 Å². The number of sulfone groups is 1. The van der Waals surface area contributed by atoms with E-state index < -0.39 is 9.84 Å². The first-order valence-corrected chi connectivity index (χ1v) is 13.3. The zero-order chi connectivity index (χ0) is 24.7. The highest BCUT2D eigenvalue weighted by atomic mass is 32.2. The second-order valence-electron chi connectivity index (χ2n) is 8.81. The number of rotatable bonds is 5. The number of fused-ring (bicyclic) bond motifs is 1. The van der Waals surface area contributed by atoms with Gasteiger partial charge in [-0.2, -0.15) is 0 Å². The van der Waals surface area contributed by atoms with E-state index in [9.17, 15) is 13.2 Å². The maximum atomic E-state index is 13.1. The van der Waals surface area contributed by atoms with Gasteiger partial charge < -0.3 is 14.6 Å². The molecule has 3 aromatic carbocycles. The fourth-order valence-corrected chi connectivity index (χ4v) is 5.24. The second kappa shape index (κ2) is 8.74. The molecule has 2 heterocycles. The number of amides is 1. The van der Waals surface area contributed by atoms with E-state index in [2.05, 4.69) is 34.1 Å². The molecule has 6 nitrogen and oxygen atoms in total. The third-order valence-corrected chi connectivity index (χ3v) is 7.49. The zero-order valence-corrected chi connectivity index (χ0v) is 20.6. The molecule has 0 spiro atoms. The number of anilines is 1. The third kappa shape index (κ3) is 4.35. The number of ether oxygens (including phenoxy) is 1. The summed E-state index contributed by atoms with van der Waals surface area (Å²) in [5.41, 5.74) is 7.25. The lowest BCUT2D eigenvalue weighted by Crippen LogP contribution is -2.13. The van der Waals surface area contributed by atoms with Crippen molar-refractivity contribution in [1.29, 1.82) is 0 Å². The molecule has 35 heavy (non-hydrogen) atoms. The van der Waals surface area contributed by atoms with E-state index in [4.69, 9.17) is 4.74 Å². The van der Waals surface area contributed by atoms with E-state index in [1.54, 1.807) is 12.1 Å². The standard InChI is InChI=1S/C28H26N2O4S/c1-18-16-25(28(31)29-22-9-11-23(12-10-22)35(3,32)33)19(2)30(18)26-7-5-4-6-24(26)20-8-13-27-21(17-20)14-15-34-27/h4-13,16-17H,14-15H2,1-3H3,(H,29,31). The van der Waals surface area contributed by atoms with Crippen molar-refractivity contribution in [2.24, 2.45) is 0 Å². The van der Waals surface area contributed by atoms with Crippen molar-refractivity contribution in [2.45, 2.75) is 25.2 Å². The van der Waals surface area contributed by atoms with Crippen molar-refractivity contribution in [2.75, 3.05) is 18.2 Å². The Balaban J connectivity index is 1.48. The summed E-state index contributed by atoms with van der Waals surface area (Å²) in [6.07, 6.45) is 2.06. The van der Waals surface area contributed by atoms with Crippen molar-refractivity contribution in [3.63, 3.8) is 0 Å². The molecule has 178 valence electrons. The zero-order valence-electron chi connectivity index (χ0n) is 19.8. The number of hydrogen-bond donors (Lipinski definition) is 1. The van der Waals surface area contributed by atoms with Gasteiger partial charge >= 0.3 is 0 Å². The van der Waals surface area contributed by atoms with Crippen LogP contribution in [0.3, 0.4) is 0 Å². The molecule has 1 N–H and O–H groups in total. The molecule has 0 aliphatic carbocycles. The number of hydrogen-bond acceptors (Lipinski definition) is 4. The van der Waals surface area contributed by atoms with Crippen molar-refractivity contribution in [1.82, 2.24) is 4.57 Å². The molecule has 1 aromatic heterocycles. The Labute approximate surface area is 205 Å². The SMILES string of the molecule is Cc1cc(C(=O)Nc2ccc(S(C)(=O)=O)cc2)c(C)n1-c1ccccc1-c1ccc2c(c1)CCO2. The summed E-state index contributed by atoms with van der Waals surface area (Å²) in [5.74, 6) is 0.701. The van der Waals surface area contributed by atoms with Gasteiger partial charge in [-0.05, 0) is 73.5 Å². The maximum Gasteiger partial charge on any atom is 0.257 e.